The van der Waals surface area contributed by atoms with Crippen molar-refractivity contribution in [1.82, 2.24) is 14.5 Å². The first-order valence-corrected chi connectivity index (χ1v) is 17.5. The zero-order valence-electron chi connectivity index (χ0n) is 27.9. The van der Waals surface area contributed by atoms with E-state index in [9.17, 15) is 0 Å². The average molecular weight is 668 g/mol. The van der Waals surface area contributed by atoms with E-state index in [-0.39, 0.29) is 0 Å². The van der Waals surface area contributed by atoms with E-state index in [1.165, 1.54) is 0 Å². The summed E-state index contributed by atoms with van der Waals surface area (Å²) in [5.41, 5.74) is 8.37. The number of hydrogen-bond donors (Lipinski definition) is 0. The Morgan fingerprint density at radius 1 is 0.635 bits per heavy atom. The minimum atomic E-state index is -0.609. The Balaban J connectivity index is 1.35. The number of aromatic nitrogens is 3. The van der Waals surface area contributed by atoms with Gasteiger partial charge in [0.2, 0.25) is 5.71 Å². The molecule has 0 saturated heterocycles. The van der Waals surface area contributed by atoms with Gasteiger partial charge in [-0.25, -0.2) is 15.0 Å². The molecule has 1 atom stereocenters. The van der Waals surface area contributed by atoms with Gasteiger partial charge in [-0.1, -0.05) is 140 Å². The van der Waals surface area contributed by atoms with Crippen LogP contribution in [-0.2, 0) is 0 Å². The van der Waals surface area contributed by atoms with Crippen molar-refractivity contribution in [2.24, 2.45) is 15.4 Å². The molecule has 11 rings (SSSR count). The Morgan fingerprint density at radius 3 is 2.17 bits per heavy atom. The van der Waals surface area contributed by atoms with Crippen LogP contribution in [0.4, 0.5) is 0 Å². The Labute approximate surface area is 298 Å². The van der Waals surface area contributed by atoms with Gasteiger partial charge in [-0.2, -0.15) is 4.98 Å². The van der Waals surface area contributed by atoms with Gasteiger partial charge in [0, 0.05) is 27.5 Å². The van der Waals surface area contributed by atoms with Gasteiger partial charge in [-0.3, -0.25) is 4.57 Å². The fourth-order valence-corrected chi connectivity index (χ4v) is 8.03. The quantitative estimate of drug-likeness (QED) is 0.188. The van der Waals surface area contributed by atoms with Gasteiger partial charge >= 0.3 is 0 Å². The number of allylic oxidation sites excluding steroid dienone is 7. The first-order chi connectivity index (χ1) is 25.7. The topological polar surface area (TPSA) is 68.6 Å². The van der Waals surface area contributed by atoms with E-state index in [2.05, 4.69) is 114 Å². The Kier molecular flexibility index (Phi) is 6.13. The number of furan rings is 1. The third kappa shape index (κ3) is 4.24. The lowest BCUT2D eigenvalue weighted by atomic mass is 9.75. The summed E-state index contributed by atoms with van der Waals surface area (Å²) in [7, 11) is 0. The summed E-state index contributed by atoms with van der Waals surface area (Å²) in [4.78, 5) is 21.4. The molecule has 0 radical (unpaired) electrons. The first-order valence-electron chi connectivity index (χ1n) is 17.5. The lowest BCUT2D eigenvalue weighted by molar-refractivity contribution is 0.653. The molecule has 8 aromatic rings. The molecule has 5 aromatic carbocycles. The van der Waals surface area contributed by atoms with E-state index < -0.39 is 5.41 Å². The van der Waals surface area contributed by atoms with Crippen molar-refractivity contribution < 1.29 is 4.42 Å². The van der Waals surface area contributed by atoms with Crippen molar-refractivity contribution in [3.8, 4) is 11.4 Å². The minimum absolute atomic E-state index is 0.548. The maximum absolute atomic E-state index is 6.71. The van der Waals surface area contributed by atoms with E-state index in [4.69, 9.17) is 24.4 Å². The van der Waals surface area contributed by atoms with E-state index in [0.717, 1.165) is 77.7 Å². The highest BCUT2D eigenvalue weighted by atomic mass is 16.3. The van der Waals surface area contributed by atoms with Crippen molar-refractivity contribution in [2.45, 2.75) is 6.42 Å². The summed E-state index contributed by atoms with van der Waals surface area (Å²) in [6.45, 7) is 0. The summed E-state index contributed by atoms with van der Waals surface area (Å²) < 4.78 is 9.00. The van der Waals surface area contributed by atoms with Crippen LogP contribution in [-0.4, -0.2) is 26.1 Å². The van der Waals surface area contributed by atoms with Crippen LogP contribution < -0.4 is 0 Å². The van der Waals surface area contributed by atoms with Crippen LogP contribution in [0.3, 0.4) is 0 Å². The monoisotopic (exact) mass is 667 g/mol. The maximum atomic E-state index is 6.71. The molecule has 2 aliphatic heterocycles. The second kappa shape index (κ2) is 11.0. The van der Waals surface area contributed by atoms with Crippen LogP contribution in [0.25, 0.3) is 66.7 Å². The average Bonchev–Trinajstić information content (AvgIpc) is 3.65. The molecule has 244 valence electrons. The molecule has 0 amide bonds. The molecule has 0 N–H and O–H groups in total. The molecular formula is C46H29N5O. The summed E-state index contributed by atoms with van der Waals surface area (Å²) in [6.07, 6.45) is 14.0. The van der Waals surface area contributed by atoms with Gasteiger partial charge < -0.3 is 4.42 Å². The largest absolute Gasteiger partial charge is 0.437 e. The third-order valence-corrected chi connectivity index (χ3v) is 10.5. The number of rotatable bonds is 3. The van der Waals surface area contributed by atoms with Gasteiger partial charge in [-0.15, -0.1) is 0 Å². The molecule has 3 aliphatic rings. The Bertz CT molecular complexity index is 2960. The molecule has 3 bridgehead atoms. The van der Waals surface area contributed by atoms with E-state index in [1.54, 1.807) is 0 Å². The standard InChI is InChI=1S/C46H29N5O/c1-4-13-30(14-5-1)42-46-26-12-19-29(24-27-46)40-39-38-36(52-45(39)50-44(48-40)32-17-8-3-9-18-32)23-22-34-33-20-10-11-21-35(33)51(41(34)38)37(25-28-46)47-43(49-42)31-15-6-2-7-16-31/h1-27H,28H2/b37-25+,47-43-,49-42-. The number of aliphatic imine (C=N–C) groups is 2. The molecule has 1 unspecified atom stereocenters. The zero-order chi connectivity index (χ0) is 34.2. The zero-order valence-corrected chi connectivity index (χ0v) is 27.9. The van der Waals surface area contributed by atoms with Crippen LogP contribution in [0.2, 0.25) is 0 Å². The fourth-order valence-electron chi connectivity index (χ4n) is 8.03. The third-order valence-electron chi connectivity index (χ3n) is 10.5. The number of hydrogen-bond acceptors (Lipinski definition) is 5. The lowest BCUT2D eigenvalue weighted by Crippen LogP contribution is -2.30. The van der Waals surface area contributed by atoms with Crippen LogP contribution in [0.5, 0.6) is 0 Å². The molecular weight excluding hydrogens is 639 g/mol. The highest BCUT2D eigenvalue weighted by Gasteiger charge is 2.35. The smallest absolute Gasteiger partial charge is 0.231 e. The normalized spacial score (nSPS) is 20.9. The second-order valence-electron chi connectivity index (χ2n) is 13.5. The van der Waals surface area contributed by atoms with Crippen LogP contribution >= 0.6 is 0 Å². The second-order valence-corrected chi connectivity index (χ2v) is 13.5. The summed E-state index contributed by atoms with van der Waals surface area (Å²) >= 11 is 0. The molecule has 1 spiro atoms. The Hall–Kier alpha value is -6.92. The molecule has 6 nitrogen and oxygen atoms in total. The predicted octanol–water partition coefficient (Wildman–Crippen LogP) is 10.8. The van der Waals surface area contributed by atoms with Crippen LogP contribution in [0.15, 0.2) is 178 Å². The van der Waals surface area contributed by atoms with Crippen LogP contribution in [0.1, 0.15) is 23.2 Å². The summed E-state index contributed by atoms with van der Waals surface area (Å²) in [5.74, 6) is 2.06. The van der Waals surface area contributed by atoms with Crippen molar-refractivity contribution in [3.05, 3.63) is 181 Å². The minimum Gasteiger partial charge on any atom is -0.437 e. The fraction of sp³-hybridized carbons (Fsp3) is 0.0435. The molecule has 3 aromatic heterocycles. The van der Waals surface area contributed by atoms with E-state index in [0.29, 0.717) is 23.8 Å². The summed E-state index contributed by atoms with van der Waals surface area (Å²) in [5, 5.41) is 4.07. The van der Waals surface area contributed by atoms with Crippen molar-refractivity contribution in [1.29, 1.82) is 0 Å². The predicted molar refractivity (Wildman–Crippen MR) is 211 cm³/mol. The highest BCUT2D eigenvalue weighted by Crippen LogP contribution is 2.46. The first kappa shape index (κ1) is 28.9. The molecule has 1 aliphatic carbocycles. The molecule has 0 saturated carbocycles. The molecule has 52 heavy (non-hydrogen) atoms. The van der Waals surface area contributed by atoms with Crippen molar-refractivity contribution in [2.75, 3.05) is 0 Å². The van der Waals surface area contributed by atoms with E-state index in [1.807, 2.05) is 54.6 Å². The van der Waals surface area contributed by atoms with Gasteiger partial charge in [0.25, 0.3) is 0 Å². The van der Waals surface area contributed by atoms with Gasteiger partial charge in [-0.05, 0) is 36.3 Å². The maximum Gasteiger partial charge on any atom is 0.231 e. The number of nitrogens with zero attached hydrogens (tertiary/aromatic N) is 5. The molecule has 5 heterocycles. The van der Waals surface area contributed by atoms with Crippen molar-refractivity contribution >= 4 is 66.8 Å². The Morgan fingerprint density at radius 2 is 1.37 bits per heavy atom. The number of amidine groups is 1. The number of fused-ring (bicyclic) bond motifs is 7. The molecule has 6 heteroatoms. The number of benzene rings is 5. The van der Waals surface area contributed by atoms with Crippen molar-refractivity contribution in [3.63, 3.8) is 0 Å². The highest BCUT2D eigenvalue weighted by molar-refractivity contribution is 6.26. The van der Waals surface area contributed by atoms with Crippen LogP contribution in [0, 0.1) is 5.41 Å². The molecule has 0 fully saturated rings. The number of para-hydroxylation sites is 1. The van der Waals surface area contributed by atoms with Gasteiger partial charge in [0.1, 0.15) is 11.4 Å². The summed E-state index contributed by atoms with van der Waals surface area (Å²) in [6, 6.07) is 43.6. The SMILES string of the molecule is C1=CC23C=CC(=C1)c1nc(-c4ccccc4)nc4oc5ccc6c7ccccc7n(c6c5c14)C(=C/C2)/N=C(c1ccccc1)\N=C/3c1ccccc1. The van der Waals surface area contributed by atoms with Gasteiger partial charge in [0.15, 0.2) is 11.7 Å². The van der Waals surface area contributed by atoms with E-state index >= 15 is 0 Å². The van der Waals surface area contributed by atoms with Gasteiger partial charge in [0.05, 0.1) is 38.6 Å². The lowest BCUT2D eigenvalue weighted by Gasteiger charge is -2.30.